The van der Waals surface area contributed by atoms with E-state index in [2.05, 4.69) is 23.2 Å². The van der Waals surface area contributed by atoms with Gasteiger partial charge in [-0.2, -0.15) is 0 Å². The minimum Gasteiger partial charge on any atom is -0.331 e. The Hall–Kier alpha value is -1.07. The Kier molecular flexibility index (Phi) is 5.74. The number of halogens is 2. The van der Waals surface area contributed by atoms with Gasteiger partial charge >= 0.3 is 0 Å². The first kappa shape index (κ1) is 18.7. The molecule has 4 rings (SSSR count). The fraction of sp³-hybridized carbons (Fsp3) is 0.421. The zero-order valence-electron chi connectivity index (χ0n) is 14.1. The Bertz CT molecular complexity index is 763. The lowest BCUT2D eigenvalue weighted by Crippen LogP contribution is -2.42. The molecule has 2 unspecified atom stereocenters. The summed E-state index contributed by atoms with van der Waals surface area (Å²) in [6.07, 6.45) is 3.33. The van der Waals surface area contributed by atoms with Crippen molar-refractivity contribution in [1.29, 1.82) is 0 Å². The number of nitrogens with one attached hydrogen (secondary N) is 1. The summed E-state index contributed by atoms with van der Waals surface area (Å²) < 4.78 is 0. The molecule has 3 nitrogen and oxygen atoms in total. The van der Waals surface area contributed by atoms with Gasteiger partial charge in [-0.1, -0.05) is 23.7 Å². The molecule has 2 saturated heterocycles. The number of rotatable bonds is 2. The molecule has 1 aromatic heterocycles. The van der Waals surface area contributed by atoms with Crippen LogP contribution in [0.5, 0.6) is 0 Å². The van der Waals surface area contributed by atoms with Crippen molar-refractivity contribution in [3.63, 3.8) is 0 Å². The highest BCUT2D eigenvalue weighted by Crippen LogP contribution is 2.36. The number of thiophene rings is 1. The summed E-state index contributed by atoms with van der Waals surface area (Å²) >= 11 is 7.72. The lowest BCUT2D eigenvalue weighted by Gasteiger charge is -2.27. The van der Waals surface area contributed by atoms with Crippen molar-refractivity contribution in [3.8, 4) is 10.4 Å². The molecule has 2 aliphatic heterocycles. The lowest BCUT2D eigenvalue weighted by atomic mass is 10.1. The van der Waals surface area contributed by atoms with E-state index < -0.39 is 0 Å². The molecule has 2 aromatic rings. The second-order valence-electron chi connectivity index (χ2n) is 6.72. The van der Waals surface area contributed by atoms with Gasteiger partial charge in [0.2, 0.25) is 0 Å². The molecule has 0 aliphatic carbocycles. The molecule has 2 fully saturated rings. The number of nitrogens with zero attached hydrogens (tertiary/aromatic N) is 1. The quantitative estimate of drug-likeness (QED) is 0.792. The van der Waals surface area contributed by atoms with Gasteiger partial charge in [0.1, 0.15) is 0 Å². The molecule has 0 radical (unpaired) electrons. The summed E-state index contributed by atoms with van der Waals surface area (Å²) in [5.74, 6) is 0.201. The van der Waals surface area contributed by atoms with Crippen LogP contribution in [0.1, 0.15) is 34.5 Å². The molecule has 6 heteroatoms. The van der Waals surface area contributed by atoms with Crippen LogP contribution in [0.15, 0.2) is 30.3 Å². The molecule has 1 aromatic carbocycles. The van der Waals surface area contributed by atoms with E-state index in [4.69, 9.17) is 11.6 Å². The van der Waals surface area contributed by atoms with Crippen molar-refractivity contribution in [2.45, 2.75) is 38.3 Å². The summed E-state index contributed by atoms with van der Waals surface area (Å²) in [5, 5.41) is 4.19. The summed E-state index contributed by atoms with van der Waals surface area (Å²) in [6, 6.07) is 10.6. The van der Waals surface area contributed by atoms with Gasteiger partial charge in [-0.15, -0.1) is 23.7 Å². The maximum atomic E-state index is 13.2. The predicted octanol–water partition coefficient (Wildman–Crippen LogP) is 4.77. The van der Waals surface area contributed by atoms with Gasteiger partial charge < -0.3 is 10.2 Å². The maximum Gasteiger partial charge on any atom is 0.264 e. The van der Waals surface area contributed by atoms with Crippen molar-refractivity contribution >= 4 is 41.3 Å². The summed E-state index contributed by atoms with van der Waals surface area (Å²) in [6.45, 7) is 4.01. The van der Waals surface area contributed by atoms with Gasteiger partial charge in [0.05, 0.1) is 4.88 Å². The second kappa shape index (κ2) is 7.67. The van der Waals surface area contributed by atoms with E-state index in [9.17, 15) is 4.79 Å². The second-order valence-corrected chi connectivity index (χ2v) is 8.21. The molecule has 25 heavy (non-hydrogen) atoms. The lowest BCUT2D eigenvalue weighted by molar-refractivity contribution is 0.0685. The summed E-state index contributed by atoms with van der Waals surface area (Å²) in [7, 11) is 0. The Morgan fingerprint density at radius 2 is 2.04 bits per heavy atom. The molecule has 2 bridgehead atoms. The monoisotopic (exact) mass is 396 g/mol. The Morgan fingerprint density at radius 1 is 1.24 bits per heavy atom. The van der Waals surface area contributed by atoms with Crippen LogP contribution in [-0.4, -0.2) is 36.0 Å². The number of hydrogen-bond donors (Lipinski definition) is 1. The van der Waals surface area contributed by atoms with Crippen molar-refractivity contribution in [2.75, 3.05) is 13.1 Å². The molecule has 1 N–H and O–H groups in total. The predicted molar refractivity (Wildman–Crippen MR) is 107 cm³/mol. The smallest absolute Gasteiger partial charge is 0.264 e. The molecule has 0 saturated carbocycles. The average Bonchev–Trinajstić information content (AvgIpc) is 3.05. The van der Waals surface area contributed by atoms with Gasteiger partial charge in [-0.3, -0.25) is 4.79 Å². The van der Waals surface area contributed by atoms with E-state index in [1.165, 1.54) is 0 Å². The van der Waals surface area contributed by atoms with Gasteiger partial charge in [-0.25, -0.2) is 0 Å². The number of benzene rings is 1. The highest BCUT2D eigenvalue weighted by atomic mass is 35.5. The molecule has 0 spiro atoms. The van der Waals surface area contributed by atoms with E-state index in [-0.39, 0.29) is 18.3 Å². The summed E-state index contributed by atoms with van der Waals surface area (Å²) in [4.78, 5) is 17.3. The fourth-order valence-corrected chi connectivity index (χ4v) is 5.25. The molecule has 3 heterocycles. The SMILES string of the molecule is Cc1cc(C(=O)N2C3CCNCC2CC3)sc1-c1cccc(Cl)c1.Cl. The highest BCUT2D eigenvalue weighted by molar-refractivity contribution is 7.17. The van der Waals surface area contributed by atoms with E-state index >= 15 is 0 Å². The number of carbonyl (C=O) groups is 1. The van der Waals surface area contributed by atoms with E-state index in [0.29, 0.717) is 12.1 Å². The normalized spacial score (nSPS) is 22.4. The molecule has 2 aliphatic rings. The van der Waals surface area contributed by atoms with Crippen molar-refractivity contribution in [1.82, 2.24) is 10.2 Å². The van der Waals surface area contributed by atoms with Crippen LogP contribution in [0.2, 0.25) is 5.02 Å². The third-order valence-electron chi connectivity index (χ3n) is 5.10. The molecular weight excluding hydrogens is 375 g/mol. The van der Waals surface area contributed by atoms with Crippen LogP contribution in [0.4, 0.5) is 0 Å². The van der Waals surface area contributed by atoms with Crippen LogP contribution < -0.4 is 5.32 Å². The largest absolute Gasteiger partial charge is 0.331 e. The third kappa shape index (κ3) is 3.59. The van der Waals surface area contributed by atoms with Crippen LogP contribution in [-0.2, 0) is 0 Å². The Morgan fingerprint density at radius 3 is 2.84 bits per heavy atom. The zero-order valence-corrected chi connectivity index (χ0v) is 16.5. The van der Waals surface area contributed by atoms with Crippen LogP contribution in [0.25, 0.3) is 10.4 Å². The highest BCUT2D eigenvalue weighted by Gasteiger charge is 2.38. The molecule has 134 valence electrons. The fourth-order valence-electron chi connectivity index (χ4n) is 3.94. The van der Waals surface area contributed by atoms with Crippen LogP contribution in [0.3, 0.4) is 0 Å². The van der Waals surface area contributed by atoms with Gasteiger partial charge in [0, 0.05) is 28.5 Å². The number of fused-ring (bicyclic) bond motifs is 2. The van der Waals surface area contributed by atoms with E-state index in [1.54, 1.807) is 11.3 Å². The van der Waals surface area contributed by atoms with Crippen LogP contribution >= 0.6 is 35.3 Å². The minimum atomic E-state index is 0. The minimum absolute atomic E-state index is 0. The zero-order chi connectivity index (χ0) is 16.7. The Balaban J connectivity index is 0.00000182. The number of hydrogen-bond acceptors (Lipinski definition) is 3. The van der Waals surface area contributed by atoms with Gasteiger partial charge in [0.25, 0.3) is 5.91 Å². The number of carbonyl (C=O) groups excluding carboxylic acids is 1. The van der Waals surface area contributed by atoms with Crippen molar-refractivity contribution < 1.29 is 4.79 Å². The van der Waals surface area contributed by atoms with Gasteiger partial charge in [-0.05, 0) is 62.1 Å². The molecule has 2 atom stereocenters. The standard InChI is InChI=1S/C19H21ClN2OS.ClH/c1-12-9-17(24-18(12)13-3-2-4-14(20)10-13)19(23)22-15-5-6-16(22)11-21-8-7-15;/h2-4,9-10,15-16,21H,5-8,11H2,1H3;1H. The Labute approximate surface area is 163 Å². The first-order valence-corrected chi connectivity index (χ1v) is 9.72. The topological polar surface area (TPSA) is 32.3 Å². The number of amides is 1. The molecular formula is C19H22Cl2N2OS. The third-order valence-corrected chi connectivity index (χ3v) is 6.61. The first-order valence-electron chi connectivity index (χ1n) is 8.53. The number of aryl methyl sites for hydroxylation is 1. The van der Waals surface area contributed by atoms with Crippen LogP contribution in [0, 0.1) is 6.92 Å². The molecule has 1 amide bonds. The van der Waals surface area contributed by atoms with Crippen molar-refractivity contribution in [2.24, 2.45) is 0 Å². The van der Waals surface area contributed by atoms with E-state index in [1.807, 2.05) is 24.3 Å². The average molecular weight is 397 g/mol. The van der Waals surface area contributed by atoms with Gasteiger partial charge in [0.15, 0.2) is 0 Å². The first-order chi connectivity index (χ1) is 11.6. The summed E-state index contributed by atoms with van der Waals surface area (Å²) in [5.41, 5.74) is 2.23. The van der Waals surface area contributed by atoms with Crippen molar-refractivity contribution in [3.05, 3.63) is 45.8 Å². The maximum absolute atomic E-state index is 13.2. The van der Waals surface area contributed by atoms with E-state index in [0.717, 1.165) is 58.3 Å².